The number of carbonyl (C=O) groups excluding carboxylic acids is 2. The summed E-state index contributed by atoms with van der Waals surface area (Å²) >= 11 is 6.18. The van der Waals surface area contributed by atoms with Crippen molar-refractivity contribution in [3.63, 3.8) is 0 Å². The summed E-state index contributed by atoms with van der Waals surface area (Å²) in [5.74, 6) is -0.756. The molecule has 0 aliphatic rings. The Kier molecular flexibility index (Phi) is 8.42. The molecule has 7 heteroatoms. The van der Waals surface area contributed by atoms with E-state index in [1.54, 1.807) is 18.2 Å². The van der Waals surface area contributed by atoms with Crippen molar-refractivity contribution in [1.82, 2.24) is 15.5 Å². The van der Waals surface area contributed by atoms with E-state index in [-0.39, 0.29) is 43.3 Å². The van der Waals surface area contributed by atoms with E-state index in [1.165, 1.54) is 17.0 Å². The third kappa shape index (κ3) is 6.62. The van der Waals surface area contributed by atoms with E-state index in [4.69, 9.17) is 11.6 Å². The Morgan fingerprint density at radius 2 is 1.82 bits per heavy atom. The van der Waals surface area contributed by atoms with Gasteiger partial charge in [0, 0.05) is 24.2 Å². The highest BCUT2D eigenvalue weighted by Crippen LogP contribution is 2.21. The van der Waals surface area contributed by atoms with Crippen molar-refractivity contribution in [2.45, 2.75) is 26.4 Å². The van der Waals surface area contributed by atoms with Crippen LogP contribution in [0.1, 0.15) is 31.0 Å². The molecule has 1 atom stereocenters. The maximum absolute atomic E-state index is 12.9. The fraction of sp³-hybridized carbons (Fsp3) is 0.333. The van der Waals surface area contributed by atoms with E-state index < -0.39 is 0 Å². The van der Waals surface area contributed by atoms with Gasteiger partial charge in [0.25, 0.3) is 0 Å². The van der Waals surface area contributed by atoms with E-state index in [1.807, 2.05) is 32.0 Å². The van der Waals surface area contributed by atoms with Gasteiger partial charge < -0.3 is 15.5 Å². The molecule has 2 N–H and O–H groups in total. The highest BCUT2D eigenvalue weighted by atomic mass is 35.5. The lowest BCUT2D eigenvalue weighted by Gasteiger charge is -2.22. The lowest BCUT2D eigenvalue weighted by Crippen LogP contribution is -2.44. The zero-order valence-corrected chi connectivity index (χ0v) is 16.8. The van der Waals surface area contributed by atoms with Gasteiger partial charge in [0.1, 0.15) is 5.82 Å². The van der Waals surface area contributed by atoms with Crippen LogP contribution in [-0.2, 0) is 16.1 Å². The Morgan fingerprint density at radius 1 is 1.14 bits per heavy atom. The van der Waals surface area contributed by atoms with Gasteiger partial charge in [-0.05, 0) is 43.2 Å². The predicted octanol–water partition coefficient (Wildman–Crippen LogP) is 3.29. The molecule has 0 spiro atoms. The van der Waals surface area contributed by atoms with Crippen molar-refractivity contribution in [3.05, 3.63) is 70.5 Å². The zero-order chi connectivity index (χ0) is 20.5. The molecule has 0 radical (unpaired) electrons. The average Bonchev–Trinajstić information content (AvgIpc) is 2.69. The standard InChI is InChI=1S/C21H25ClFN3O2/c1-3-26(14-20(27)25-12-16-8-10-17(23)11-9-16)21(28)13-24-15(2)18-6-4-5-7-19(18)22/h4-11,15,24H,3,12-14H2,1-2H3,(H,25,27)/t15-/m0/s1. The van der Waals surface area contributed by atoms with Gasteiger partial charge in [-0.3, -0.25) is 9.59 Å². The molecular weight excluding hydrogens is 381 g/mol. The SMILES string of the molecule is CCN(CC(=O)NCc1ccc(F)cc1)C(=O)CN[C@@H](C)c1ccccc1Cl. The molecule has 0 aliphatic heterocycles. The van der Waals surface area contributed by atoms with Crippen molar-refractivity contribution in [2.75, 3.05) is 19.6 Å². The smallest absolute Gasteiger partial charge is 0.239 e. The molecule has 2 aromatic carbocycles. The number of nitrogens with zero attached hydrogens (tertiary/aromatic N) is 1. The molecule has 150 valence electrons. The van der Waals surface area contributed by atoms with Crippen LogP contribution in [-0.4, -0.2) is 36.3 Å². The Bertz CT molecular complexity index is 798. The summed E-state index contributed by atoms with van der Waals surface area (Å²) in [6.07, 6.45) is 0. The van der Waals surface area contributed by atoms with Crippen LogP contribution in [0.15, 0.2) is 48.5 Å². The molecule has 2 aromatic rings. The highest BCUT2D eigenvalue weighted by Gasteiger charge is 2.17. The molecule has 0 saturated heterocycles. The molecule has 0 aliphatic carbocycles. The van der Waals surface area contributed by atoms with Crippen LogP contribution in [0.3, 0.4) is 0 Å². The third-order valence-electron chi connectivity index (χ3n) is 4.40. The lowest BCUT2D eigenvalue weighted by molar-refractivity contribution is -0.135. The molecular formula is C21H25ClFN3O2. The second kappa shape index (κ2) is 10.8. The van der Waals surface area contributed by atoms with Gasteiger partial charge in [-0.25, -0.2) is 4.39 Å². The number of carbonyl (C=O) groups is 2. The second-order valence-electron chi connectivity index (χ2n) is 6.44. The Labute approximate surface area is 169 Å². The minimum absolute atomic E-state index is 0.0291. The monoisotopic (exact) mass is 405 g/mol. The van der Waals surface area contributed by atoms with E-state index in [2.05, 4.69) is 10.6 Å². The van der Waals surface area contributed by atoms with Crippen LogP contribution in [0.4, 0.5) is 4.39 Å². The minimum Gasteiger partial charge on any atom is -0.350 e. The molecule has 5 nitrogen and oxygen atoms in total. The van der Waals surface area contributed by atoms with Crippen LogP contribution in [0.2, 0.25) is 5.02 Å². The van der Waals surface area contributed by atoms with Crippen LogP contribution >= 0.6 is 11.6 Å². The van der Waals surface area contributed by atoms with E-state index in [0.717, 1.165) is 11.1 Å². The third-order valence-corrected chi connectivity index (χ3v) is 4.75. The first-order valence-corrected chi connectivity index (χ1v) is 9.55. The van der Waals surface area contributed by atoms with Gasteiger partial charge in [0.15, 0.2) is 0 Å². The molecule has 28 heavy (non-hydrogen) atoms. The first-order chi connectivity index (χ1) is 13.4. The topological polar surface area (TPSA) is 61.4 Å². The van der Waals surface area contributed by atoms with Crippen molar-refractivity contribution in [2.24, 2.45) is 0 Å². The average molecular weight is 406 g/mol. The van der Waals surface area contributed by atoms with Gasteiger partial charge in [0.05, 0.1) is 13.1 Å². The predicted molar refractivity (Wildman–Crippen MR) is 108 cm³/mol. The molecule has 0 fully saturated rings. The van der Waals surface area contributed by atoms with Crippen molar-refractivity contribution >= 4 is 23.4 Å². The quantitative estimate of drug-likeness (QED) is 0.673. The number of hydrogen-bond acceptors (Lipinski definition) is 3. The number of benzene rings is 2. The molecule has 0 unspecified atom stereocenters. The summed E-state index contributed by atoms with van der Waals surface area (Å²) in [6.45, 7) is 4.53. The number of hydrogen-bond donors (Lipinski definition) is 2. The van der Waals surface area contributed by atoms with Gasteiger partial charge in [-0.1, -0.05) is 41.9 Å². The largest absolute Gasteiger partial charge is 0.350 e. The zero-order valence-electron chi connectivity index (χ0n) is 16.0. The number of nitrogens with one attached hydrogen (secondary N) is 2. The summed E-state index contributed by atoms with van der Waals surface area (Å²) in [6, 6.07) is 13.3. The van der Waals surface area contributed by atoms with E-state index in [0.29, 0.717) is 11.6 Å². The van der Waals surface area contributed by atoms with Gasteiger partial charge in [-0.15, -0.1) is 0 Å². The molecule has 0 aromatic heterocycles. The normalized spacial score (nSPS) is 11.7. The number of amides is 2. The molecule has 2 amide bonds. The first kappa shape index (κ1) is 21.9. The van der Waals surface area contributed by atoms with Crippen LogP contribution < -0.4 is 10.6 Å². The molecule has 2 rings (SSSR count). The fourth-order valence-electron chi connectivity index (χ4n) is 2.70. The lowest BCUT2D eigenvalue weighted by atomic mass is 10.1. The van der Waals surface area contributed by atoms with Crippen molar-refractivity contribution in [1.29, 1.82) is 0 Å². The highest BCUT2D eigenvalue weighted by molar-refractivity contribution is 6.31. The number of likely N-dealkylation sites (N-methyl/N-ethyl adjacent to an activating group) is 1. The van der Waals surface area contributed by atoms with Gasteiger partial charge >= 0.3 is 0 Å². The molecule has 0 saturated carbocycles. The van der Waals surface area contributed by atoms with Gasteiger partial charge in [-0.2, -0.15) is 0 Å². The second-order valence-corrected chi connectivity index (χ2v) is 6.84. The van der Waals surface area contributed by atoms with Crippen molar-refractivity contribution < 1.29 is 14.0 Å². The van der Waals surface area contributed by atoms with E-state index in [9.17, 15) is 14.0 Å². The van der Waals surface area contributed by atoms with E-state index >= 15 is 0 Å². The Balaban J connectivity index is 1.81. The molecule has 0 heterocycles. The first-order valence-electron chi connectivity index (χ1n) is 9.17. The Hall–Kier alpha value is -2.44. The van der Waals surface area contributed by atoms with Crippen LogP contribution in [0.5, 0.6) is 0 Å². The summed E-state index contributed by atoms with van der Waals surface area (Å²) in [4.78, 5) is 26.1. The Morgan fingerprint density at radius 3 is 2.46 bits per heavy atom. The summed E-state index contributed by atoms with van der Waals surface area (Å²) < 4.78 is 12.9. The maximum atomic E-state index is 12.9. The number of halogens is 2. The summed E-state index contributed by atoms with van der Waals surface area (Å²) in [5, 5.41) is 6.53. The minimum atomic E-state index is -0.323. The van der Waals surface area contributed by atoms with Crippen LogP contribution in [0, 0.1) is 5.82 Å². The summed E-state index contributed by atoms with van der Waals surface area (Å²) in [5.41, 5.74) is 1.71. The molecule has 0 bridgehead atoms. The summed E-state index contributed by atoms with van der Waals surface area (Å²) in [7, 11) is 0. The van der Waals surface area contributed by atoms with Crippen molar-refractivity contribution in [3.8, 4) is 0 Å². The fourth-order valence-corrected chi connectivity index (χ4v) is 3.00. The van der Waals surface area contributed by atoms with Gasteiger partial charge in [0.2, 0.25) is 11.8 Å². The maximum Gasteiger partial charge on any atom is 0.239 e. The van der Waals surface area contributed by atoms with Crippen LogP contribution in [0.25, 0.3) is 0 Å². The number of rotatable bonds is 9.